The molecular formula is C9H21N3O2. The van der Waals surface area contributed by atoms with Gasteiger partial charge >= 0.3 is 6.09 Å². The number of rotatable bonds is 4. The van der Waals surface area contributed by atoms with Gasteiger partial charge in [-0.1, -0.05) is 0 Å². The zero-order valence-corrected chi connectivity index (χ0v) is 9.39. The topological polar surface area (TPSA) is 76.4 Å². The van der Waals surface area contributed by atoms with E-state index in [1.807, 2.05) is 20.8 Å². The van der Waals surface area contributed by atoms with Crippen molar-refractivity contribution in [2.45, 2.75) is 32.4 Å². The Morgan fingerprint density at radius 3 is 2.43 bits per heavy atom. The molecule has 1 atom stereocenters. The fourth-order valence-corrected chi connectivity index (χ4v) is 0.824. The number of ether oxygens (including phenoxy) is 1. The van der Waals surface area contributed by atoms with Crippen LogP contribution in [0.3, 0.4) is 0 Å². The molecule has 1 unspecified atom stereocenters. The summed E-state index contributed by atoms with van der Waals surface area (Å²) < 4.78 is 5.06. The maximum atomic E-state index is 11.2. The van der Waals surface area contributed by atoms with Crippen LogP contribution in [0.15, 0.2) is 0 Å². The Hall–Kier alpha value is -0.810. The van der Waals surface area contributed by atoms with Crippen molar-refractivity contribution in [3.8, 4) is 0 Å². The zero-order valence-electron chi connectivity index (χ0n) is 9.39. The number of likely N-dealkylation sites (N-methyl/N-ethyl adjacent to an activating group) is 1. The van der Waals surface area contributed by atoms with E-state index in [1.54, 1.807) is 7.05 Å². The standard InChI is InChI=1S/C9H21N3O2/c1-9(2,3)14-8(13)12-6-7(5-10)11-4/h7,11H,5-6,10H2,1-4H3,(H,12,13). The van der Waals surface area contributed by atoms with Crippen molar-refractivity contribution in [1.29, 1.82) is 0 Å². The largest absolute Gasteiger partial charge is 0.444 e. The van der Waals surface area contributed by atoms with Crippen molar-refractivity contribution < 1.29 is 9.53 Å². The van der Waals surface area contributed by atoms with Gasteiger partial charge in [0.1, 0.15) is 5.60 Å². The molecule has 0 saturated carbocycles. The van der Waals surface area contributed by atoms with E-state index in [1.165, 1.54) is 0 Å². The second-order valence-electron chi connectivity index (χ2n) is 4.10. The minimum Gasteiger partial charge on any atom is -0.444 e. The van der Waals surface area contributed by atoms with Crippen LogP contribution in [0, 0.1) is 0 Å². The second kappa shape index (κ2) is 5.82. The quantitative estimate of drug-likeness (QED) is 0.604. The lowest BCUT2D eigenvalue weighted by atomic mass is 10.2. The summed E-state index contributed by atoms with van der Waals surface area (Å²) in [5, 5.41) is 5.61. The van der Waals surface area contributed by atoms with E-state index in [9.17, 15) is 4.79 Å². The first-order valence-electron chi connectivity index (χ1n) is 4.73. The molecule has 4 N–H and O–H groups in total. The van der Waals surface area contributed by atoms with Crippen molar-refractivity contribution in [3.05, 3.63) is 0 Å². The van der Waals surface area contributed by atoms with Crippen molar-refractivity contribution in [1.82, 2.24) is 10.6 Å². The number of alkyl carbamates (subject to hydrolysis) is 1. The minimum absolute atomic E-state index is 0.0857. The molecule has 0 aliphatic rings. The Morgan fingerprint density at radius 1 is 1.50 bits per heavy atom. The zero-order chi connectivity index (χ0) is 11.2. The molecule has 84 valence electrons. The molecule has 5 heteroatoms. The number of nitrogens with two attached hydrogens (primary N) is 1. The summed E-state index contributed by atoms with van der Waals surface area (Å²) in [7, 11) is 1.80. The number of hydrogen-bond donors (Lipinski definition) is 3. The van der Waals surface area contributed by atoms with Gasteiger partial charge in [-0.2, -0.15) is 0 Å². The van der Waals surface area contributed by atoms with Crippen LogP contribution in [0.2, 0.25) is 0 Å². The van der Waals surface area contributed by atoms with Gasteiger partial charge < -0.3 is 21.1 Å². The van der Waals surface area contributed by atoms with E-state index in [-0.39, 0.29) is 6.04 Å². The molecule has 0 fully saturated rings. The van der Waals surface area contributed by atoms with Crippen LogP contribution in [0.4, 0.5) is 4.79 Å². The van der Waals surface area contributed by atoms with Gasteiger partial charge in [0.15, 0.2) is 0 Å². The first kappa shape index (κ1) is 13.2. The van der Waals surface area contributed by atoms with E-state index in [2.05, 4.69) is 10.6 Å². The predicted octanol–water partition coefficient (Wildman–Crippen LogP) is 0.0578. The second-order valence-corrected chi connectivity index (χ2v) is 4.10. The fraction of sp³-hybridized carbons (Fsp3) is 0.889. The van der Waals surface area contributed by atoms with Crippen LogP contribution in [0.25, 0.3) is 0 Å². The Morgan fingerprint density at radius 2 is 2.07 bits per heavy atom. The van der Waals surface area contributed by atoms with Crippen LogP contribution in [0.1, 0.15) is 20.8 Å². The molecule has 0 bridgehead atoms. The van der Waals surface area contributed by atoms with Crippen molar-refractivity contribution in [2.24, 2.45) is 5.73 Å². The maximum absolute atomic E-state index is 11.2. The van der Waals surface area contributed by atoms with Gasteiger partial charge in [-0.3, -0.25) is 0 Å². The molecule has 0 aromatic heterocycles. The molecule has 14 heavy (non-hydrogen) atoms. The van der Waals surface area contributed by atoms with Crippen molar-refractivity contribution in [2.75, 3.05) is 20.1 Å². The molecule has 0 radical (unpaired) electrons. The Bertz CT molecular complexity index is 173. The molecular weight excluding hydrogens is 182 g/mol. The first-order valence-corrected chi connectivity index (χ1v) is 4.73. The molecule has 0 heterocycles. The average molecular weight is 203 g/mol. The summed E-state index contributed by atoms with van der Waals surface area (Å²) in [5.74, 6) is 0. The SMILES string of the molecule is CNC(CN)CNC(=O)OC(C)(C)C. The van der Waals surface area contributed by atoms with Crippen LogP contribution >= 0.6 is 0 Å². The molecule has 0 aromatic carbocycles. The van der Waals surface area contributed by atoms with Gasteiger partial charge in [-0.25, -0.2) is 4.79 Å². The number of carbonyl (C=O) groups excluding carboxylic acids is 1. The van der Waals surface area contributed by atoms with E-state index in [0.717, 1.165) is 0 Å². The Kier molecular flexibility index (Phi) is 5.49. The van der Waals surface area contributed by atoms with Gasteiger partial charge in [0.05, 0.1) is 0 Å². The maximum Gasteiger partial charge on any atom is 0.407 e. The summed E-state index contributed by atoms with van der Waals surface area (Å²) in [6.07, 6.45) is -0.411. The normalized spacial score (nSPS) is 13.5. The van der Waals surface area contributed by atoms with Crippen LogP contribution in [-0.4, -0.2) is 37.9 Å². The Balaban J connectivity index is 3.74. The highest BCUT2D eigenvalue weighted by Crippen LogP contribution is 2.06. The highest BCUT2D eigenvalue weighted by atomic mass is 16.6. The third kappa shape index (κ3) is 6.68. The third-order valence-corrected chi connectivity index (χ3v) is 1.58. The van der Waals surface area contributed by atoms with Gasteiger partial charge in [0, 0.05) is 19.1 Å². The lowest BCUT2D eigenvalue weighted by molar-refractivity contribution is 0.0523. The molecule has 5 nitrogen and oxygen atoms in total. The van der Waals surface area contributed by atoms with Crippen LogP contribution < -0.4 is 16.4 Å². The van der Waals surface area contributed by atoms with E-state index >= 15 is 0 Å². The van der Waals surface area contributed by atoms with Crippen molar-refractivity contribution >= 4 is 6.09 Å². The van der Waals surface area contributed by atoms with Crippen LogP contribution in [0.5, 0.6) is 0 Å². The number of amides is 1. The lowest BCUT2D eigenvalue weighted by Gasteiger charge is -2.21. The molecule has 0 aliphatic carbocycles. The van der Waals surface area contributed by atoms with Gasteiger partial charge in [-0.15, -0.1) is 0 Å². The molecule has 0 aromatic rings. The summed E-state index contributed by atoms with van der Waals surface area (Å²) in [5.41, 5.74) is 4.99. The molecule has 1 amide bonds. The number of carbonyl (C=O) groups is 1. The van der Waals surface area contributed by atoms with E-state index in [4.69, 9.17) is 10.5 Å². The van der Waals surface area contributed by atoms with Gasteiger partial charge in [-0.05, 0) is 27.8 Å². The molecule has 0 aliphatic heterocycles. The average Bonchev–Trinajstić information content (AvgIpc) is 2.03. The highest BCUT2D eigenvalue weighted by Gasteiger charge is 2.16. The Labute approximate surface area is 85.4 Å². The smallest absolute Gasteiger partial charge is 0.407 e. The fourth-order valence-electron chi connectivity index (χ4n) is 0.824. The lowest BCUT2D eigenvalue weighted by Crippen LogP contribution is -2.45. The first-order chi connectivity index (χ1) is 6.39. The summed E-state index contributed by atoms with van der Waals surface area (Å²) in [6.45, 7) is 6.43. The van der Waals surface area contributed by atoms with Gasteiger partial charge in [0.25, 0.3) is 0 Å². The molecule has 0 saturated heterocycles. The third-order valence-electron chi connectivity index (χ3n) is 1.58. The summed E-state index contributed by atoms with van der Waals surface area (Å²) >= 11 is 0. The summed E-state index contributed by atoms with van der Waals surface area (Å²) in [4.78, 5) is 11.2. The highest BCUT2D eigenvalue weighted by molar-refractivity contribution is 5.67. The monoisotopic (exact) mass is 203 g/mol. The minimum atomic E-state index is -0.456. The van der Waals surface area contributed by atoms with E-state index < -0.39 is 11.7 Å². The van der Waals surface area contributed by atoms with E-state index in [0.29, 0.717) is 13.1 Å². The van der Waals surface area contributed by atoms with Crippen molar-refractivity contribution in [3.63, 3.8) is 0 Å². The summed E-state index contributed by atoms with van der Waals surface area (Å²) in [6, 6.07) is 0.0857. The molecule has 0 spiro atoms. The van der Waals surface area contributed by atoms with Gasteiger partial charge in [0.2, 0.25) is 0 Å². The predicted molar refractivity (Wildman–Crippen MR) is 56.1 cm³/mol. The number of nitrogens with one attached hydrogen (secondary N) is 2. The van der Waals surface area contributed by atoms with Crippen LogP contribution in [-0.2, 0) is 4.74 Å². The molecule has 0 rings (SSSR count). The number of hydrogen-bond acceptors (Lipinski definition) is 4.